The average molecular weight is 274 g/mol. The van der Waals surface area contributed by atoms with Crippen molar-refractivity contribution in [3.8, 4) is 5.75 Å². The molecule has 2 aromatic rings. The monoisotopic (exact) mass is 274 g/mol. The maximum absolute atomic E-state index is 5.30. The Morgan fingerprint density at radius 2 is 2.15 bits per heavy atom. The van der Waals surface area contributed by atoms with E-state index in [4.69, 9.17) is 4.74 Å². The number of benzene rings is 1. The van der Waals surface area contributed by atoms with E-state index in [9.17, 15) is 0 Å². The molecule has 1 N–H and O–H groups in total. The van der Waals surface area contributed by atoms with Crippen molar-refractivity contribution in [2.45, 2.75) is 33.4 Å². The quantitative estimate of drug-likeness (QED) is 0.878. The fraction of sp³-hybridized carbons (Fsp3) is 0.467. The predicted octanol–water partition coefficient (Wildman–Crippen LogP) is 2.25. The van der Waals surface area contributed by atoms with Gasteiger partial charge in [-0.2, -0.15) is 5.10 Å². The summed E-state index contributed by atoms with van der Waals surface area (Å²) in [5, 5.41) is 7.93. The van der Waals surface area contributed by atoms with E-state index in [1.807, 2.05) is 30.7 Å². The van der Waals surface area contributed by atoms with Gasteiger partial charge in [0.2, 0.25) is 0 Å². The zero-order valence-corrected chi connectivity index (χ0v) is 12.6. The number of hydrogen-bond acceptors (Lipinski definition) is 4. The molecule has 0 aliphatic rings. The first-order valence-electron chi connectivity index (χ1n) is 6.89. The Morgan fingerprint density at radius 3 is 2.75 bits per heavy atom. The number of methoxy groups -OCH3 is 1. The van der Waals surface area contributed by atoms with Gasteiger partial charge in [-0.05, 0) is 38.1 Å². The molecule has 0 saturated heterocycles. The molecule has 5 nitrogen and oxygen atoms in total. The Morgan fingerprint density at radius 1 is 1.35 bits per heavy atom. The van der Waals surface area contributed by atoms with Gasteiger partial charge in [-0.3, -0.25) is 0 Å². The van der Waals surface area contributed by atoms with Crippen LogP contribution in [0.1, 0.15) is 30.2 Å². The zero-order chi connectivity index (χ0) is 14.5. The van der Waals surface area contributed by atoms with E-state index in [-0.39, 0.29) is 6.04 Å². The van der Waals surface area contributed by atoms with Crippen molar-refractivity contribution in [3.05, 3.63) is 41.5 Å². The molecule has 1 aromatic heterocycles. The number of hydrogen-bond donors (Lipinski definition) is 1. The van der Waals surface area contributed by atoms with Crippen molar-refractivity contribution in [2.75, 3.05) is 13.7 Å². The summed E-state index contributed by atoms with van der Waals surface area (Å²) >= 11 is 0. The lowest BCUT2D eigenvalue weighted by atomic mass is 10.1. The summed E-state index contributed by atoms with van der Waals surface area (Å²) in [6.45, 7) is 7.65. The molecule has 1 atom stereocenters. The number of ether oxygens (including phenoxy) is 1. The lowest BCUT2D eigenvalue weighted by molar-refractivity contribution is 0.408. The minimum atomic E-state index is 0.190. The summed E-state index contributed by atoms with van der Waals surface area (Å²) in [4.78, 5) is 4.35. The third kappa shape index (κ3) is 3.36. The van der Waals surface area contributed by atoms with Crippen LogP contribution in [0.3, 0.4) is 0 Å². The number of aryl methyl sites for hydroxylation is 2. The fourth-order valence-electron chi connectivity index (χ4n) is 2.30. The van der Waals surface area contributed by atoms with Gasteiger partial charge in [-0.25, -0.2) is 9.67 Å². The Kier molecular flexibility index (Phi) is 4.74. The van der Waals surface area contributed by atoms with Crippen molar-refractivity contribution in [3.63, 3.8) is 0 Å². The molecule has 1 heterocycles. The maximum atomic E-state index is 5.30. The first-order valence-corrected chi connectivity index (χ1v) is 6.89. The van der Waals surface area contributed by atoms with Crippen molar-refractivity contribution in [1.82, 2.24) is 20.1 Å². The molecule has 0 spiro atoms. The summed E-state index contributed by atoms with van der Waals surface area (Å²) < 4.78 is 7.25. The first-order chi connectivity index (χ1) is 9.63. The third-order valence-electron chi connectivity index (χ3n) is 3.26. The van der Waals surface area contributed by atoms with Crippen LogP contribution in [0.4, 0.5) is 0 Å². The molecule has 0 fully saturated rings. The second-order valence-corrected chi connectivity index (χ2v) is 4.78. The van der Waals surface area contributed by atoms with Gasteiger partial charge in [0.1, 0.15) is 17.4 Å². The van der Waals surface area contributed by atoms with Crippen LogP contribution in [-0.2, 0) is 6.54 Å². The van der Waals surface area contributed by atoms with Gasteiger partial charge in [-0.1, -0.05) is 19.1 Å². The van der Waals surface area contributed by atoms with Gasteiger partial charge in [0.15, 0.2) is 0 Å². The Bertz CT molecular complexity index is 565. The lowest BCUT2D eigenvalue weighted by Crippen LogP contribution is -2.26. The largest absolute Gasteiger partial charge is 0.497 e. The smallest absolute Gasteiger partial charge is 0.147 e. The topological polar surface area (TPSA) is 52.0 Å². The SMILES string of the molecule is CCNC(Cn1nc(C)nc1C)c1cccc(OC)c1. The molecule has 108 valence electrons. The average Bonchev–Trinajstić information content (AvgIpc) is 2.76. The van der Waals surface area contributed by atoms with E-state index < -0.39 is 0 Å². The second kappa shape index (κ2) is 6.52. The molecule has 0 aliphatic heterocycles. The highest BCUT2D eigenvalue weighted by molar-refractivity contribution is 5.30. The van der Waals surface area contributed by atoms with Crippen LogP contribution in [-0.4, -0.2) is 28.4 Å². The van der Waals surface area contributed by atoms with Crippen LogP contribution in [0.2, 0.25) is 0 Å². The predicted molar refractivity (Wildman–Crippen MR) is 78.9 cm³/mol. The number of rotatable bonds is 6. The minimum absolute atomic E-state index is 0.190. The Balaban J connectivity index is 2.24. The van der Waals surface area contributed by atoms with E-state index in [1.165, 1.54) is 5.56 Å². The van der Waals surface area contributed by atoms with Gasteiger partial charge >= 0.3 is 0 Å². The van der Waals surface area contributed by atoms with Gasteiger partial charge in [0.25, 0.3) is 0 Å². The van der Waals surface area contributed by atoms with Crippen LogP contribution in [0, 0.1) is 13.8 Å². The summed E-state index contributed by atoms with van der Waals surface area (Å²) in [6, 6.07) is 8.33. The van der Waals surface area contributed by atoms with Crippen molar-refractivity contribution in [1.29, 1.82) is 0 Å². The van der Waals surface area contributed by atoms with E-state index in [2.05, 4.69) is 34.5 Å². The molecule has 5 heteroatoms. The fourth-order valence-corrected chi connectivity index (χ4v) is 2.30. The van der Waals surface area contributed by atoms with E-state index in [0.717, 1.165) is 30.5 Å². The molecule has 0 aliphatic carbocycles. The van der Waals surface area contributed by atoms with Crippen LogP contribution in [0.5, 0.6) is 5.75 Å². The summed E-state index contributed by atoms with van der Waals surface area (Å²) in [5.41, 5.74) is 1.19. The standard InChI is InChI=1S/C15H22N4O/c1-5-16-15(10-19-12(3)17-11(2)18-19)13-7-6-8-14(9-13)20-4/h6-9,15-16H,5,10H2,1-4H3. The zero-order valence-electron chi connectivity index (χ0n) is 12.6. The van der Waals surface area contributed by atoms with Gasteiger partial charge in [0, 0.05) is 0 Å². The van der Waals surface area contributed by atoms with Crippen LogP contribution in [0.25, 0.3) is 0 Å². The number of likely N-dealkylation sites (N-methyl/N-ethyl adjacent to an activating group) is 1. The lowest BCUT2D eigenvalue weighted by Gasteiger charge is -2.19. The Labute approximate surface area is 120 Å². The molecule has 20 heavy (non-hydrogen) atoms. The number of aromatic nitrogens is 3. The van der Waals surface area contributed by atoms with Crippen LogP contribution < -0.4 is 10.1 Å². The summed E-state index contributed by atoms with van der Waals surface area (Å²) in [7, 11) is 1.69. The molecular weight excluding hydrogens is 252 g/mol. The van der Waals surface area contributed by atoms with Gasteiger partial charge < -0.3 is 10.1 Å². The van der Waals surface area contributed by atoms with Gasteiger partial charge in [0.05, 0.1) is 19.7 Å². The van der Waals surface area contributed by atoms with Crippen LogP contribution in [0.15, 0.2) is 24.3 Å². The highest BCUT2D eigenvalue weighted by atomic mass is 16.5. The van der Waals surface area contributed by atoms with Crippen molar-refractivity contribution < 1.29 is 4.74 Å². The highest BCUT2D eigenvalue weighted by Crippen LogP contribution is 2.20. The third-order valence-corrected chi connectivity index (χ3v) is 3.26. The van der Waals surface area contributed by atoms with E-state index in [0.29, 0.717) is 0 Å². The van der Waals surface area contributed by atoms with Crippen molar-refractivity contribution in [2.24, 2.45) is 0 Å². The maximum Gasteiger partial charge on any atom is 0.147 e. The van der Waals surface area contributed by atoms with E-state index in [1.54, 1.807) is 7.11 Å². The highest BCUT2D eigenvalue weighted by Gasteiger charge is 2.14. The minimum Gasteiger partial charge on any atom is -0.497 e. The van der Waals surface area contributed by atoms with E-state index >= 15 is 0 Å². The molecular formula is C15H22N4O. The second-order valence-electron chi connectivity index (χ2n) is 4.78. The molecule has 0 bridgehead atoms. The van der Waals surface area contributed by atoms with Crippen molar-refractivity contribution >= 4 is 0 Å². The molecule has 1 unspecified atom stereocenters. The first kappa shape index (κ1) is 14.5. The molecule has 0 amide bonds. The molecule has 2 rings (SSSR count). The summed E-state index contributed by atoms with van der Waals surface area (Å²) in [6.07, 6.45) is 0. The number of nitrogens with zero attached hydrogens (tertiary/aromatic N) is 3. The normalized spacial score (nSPS) is 12.4. The Hall–Kier alpha value is -1.88. The summed E-state index contributed by atoms with van der Waals surface area (Å²) in [5.74, 6) is 2.62. The van der Waals surface area contributed by atoms with Gasteiger partial charge in [-0.15, -0.1) is 0 Å². The molecule has 0 saturated carbocycles. The molecule has 1 aromatic carbocycles. The number of nitrogens with one attached hydrogen (secondary N) is 1. The van der Waals surface area contributed by atoms with Crippen LogP contribution >= 0.6 is 0 Å². The molecule has 0 radical (unpaired) electrons.